The molecule has 8 nitrogen and oxygen atoms in total. The van der Waals surface area contributed by atoms with E-state index in [1.807, 2.05) is 31.3 Å². The van der Waals surface area contributed by atoms with Crippen molar-refractivity contribution in [3.63, 3.8) is 0 Å². The van der Waals surface area contributed by atoms with Crippen molar-refractivity contribution in [2.45, 2.75) is 51.4 Å². The quantitative estimate of drug-likeness (QED) is 0.0842. The predicted octanol–water partition coefficient (Wildman–Crippen LogP) is 4.90. The van der Waals surface area contributed by atoms with Gasteiger partial charge >= 0.3 is 6.61 Å². The van der Waals surface area contributed by atoms with Gasteiger partial charge in [-0.05, 0) is 48.9 Å². The van der Waals surface area contributed by atoms with Crippen LogP contribution in [0.3, 0.4) is 0 Å². The normalized spacial score (nSPS) is 12.4. The van der Waals surface area contributed by atoms with Crippen molar-refractivity contribution >= 4 is 5.96 Å². The molecule has 2 aromatic rings. The maximum Gasteiger partial charge on any atom is 0.387 e. The maximum absolute atomic E-state index is 12.9. The molecule has 10 heteroatoms. The Kier molecular flexibility index (Phi) is 13.2. The van der Waals surface area contributed by atoms with Crippen LogP contribution in [0.25, 0.3) is 0 Å². The van der Waals surface area contributed by atoms with E-state index < -0.39 is 12.9 Å². The topological polar surface area (TPSA) is 102 Å². The molecule has 0 saturated heterocycles. The SMILES string of the molecule is COC(CN(C#N)C(N)=NCC(C)c1ccc(OC(F)F)c(OCCCCCc2ccccc2)c1)OC. The van der Waals surface area contributed by atoms with Crippen molar-refractivity contribution in [3.05, 3.63) is 59.7 Å². The van der Waals surface area contributed by atoms with Gasteiger partial charge in [-0.25, -0.2) is 4.90 Å². The Balaban J connectivity index is 1.97. The van der Waals surface area contributed by atoms with Crippen LogP contribution in [0.15, 0.2) is 53.5 Å². The lowest BCUT2D eigenvalue weighted by molar-refractivity contribution is -0.105. The Hall–Kier alpha value is -3.42. The average molecular weight is 519 g/mol. The lowest BCUT2D eigenvalue weighted by atomic mass is 10.0. The third-order valence-corrected chi connectivity index (χ3v) is 5.74. The number of benzene rings is 2. The Morgan fingerprint density at radius 2 is 1.78 bits per heavy atom. The van der Waals surface area contributed by atoms with Crippen LogP contribution in [-0.4, -0.2) is 57.7 Å². The summed E-state index contributed by atoms with van der Waals surface area (Å²) in [5.74, 6) is 0.136. The lowest BCUT2D eigenvalue weighted by Crippen LogP contribution is -2.40. The number of hydrogen-bond acceptors (Lipinski definition) is 6. The van der Waals surface area contributed by atoms with Crippen molar-refractivity contribution in [2.24, 2.45) is 10.7 Å². The molecule has 2 rings (SSSR count). The van der Waals surface area contributed by atoms with Gasteiger partial charge in [0.2, 0.25) is 5.96 Å². The van der Waals surface area contributed by atoms with Crippen LogP contribution in [0, 0.1) is 11.5 Å². The molecular weight excluding hydrogens is 482 g/mol. The van der Waals surface area contributed by atoms with Crippen molar-refractivity contribution in [2.75, 3.05) is 33.9 Å². The van der Waals surface area contributed by atoms with E-state index in [4.69, 9.17) is 19.9 Å². The Morgan fingerprint density at radius 1 is 1.05 bits per heavy atom. The van der Waals surface area contributed by atoms with Gasteiger partial charge in [-0.2, -0.15) is 14.0 Å². The number of methoxy groups -OCH3 is 2. The number of nitrogens with zero attached hydrogens (tertiary/aromatic N) is 3. The molecule has 0 radical (unpaired) electrons. The number of ether oxygens (including phenoxy) is 4. The first-order chi connectivity index (χ1) is 17.9. The molecule has 1 unspecified atom stereocenters. The Morgan fingerprint density at radius 3 is 2.43 bits per heavy atom. The fourth-order valence-electron chi connectivity index (χ4n) is 3.57. The number of unbranched alkanes of at least 4 members (excludes halogenated alkanes) is 2. The van der Waals surface area contributed by atoms with E-state index in [0.29, 0.717) is 6.61 Å². The number of aliphatic imine (C=N–C) groups is 1. The molecule has 0 saturated carbocycles. The second-order valence-corrected chi connectivity index (χ2v) is 8.44. The molecule has 2 N–H and O–H groups in total. The van der Waals surface area contributed by atoms with Crippen molar-refractivity contribution < 1.29 is 27.7 Å². The molecule has 0 bridgehead atoms. The van der Waals surface area contributed by atoms with E-state index in [9.17, 15) is 14.0 Å². The van der Waals surface area contributed by atoms with Gasteiger partial charge < -0.3 is 24.7 Å². The molecule has 202 valence electrons. The Labute approximate surface area is 217 Å². The van der Waals surface area contributed by atoms with Crippen molar-refractivity contribution in [3.8, 4) is 17.7 Å². The minimum absolute atomic E-state index is 0.0147. The summed E-state index contributed by atoms with van der Waals surface area (Å²) in [5, 5.41) is 9.36. The summed E-state index contributed by atoms with van der Waals surface area (Å²) in [6.07, 6.45) is 5.06. The van der Waals surface area contributed by atoms with Crippen LogP contribution < -0.4 is 15.2 Å². The maximum atomic E-state index is 12.9. The monoisotopic (exact) mass is 518 g/mol. The molecule has 0 aliphatic rings. The van der Waals surface area contributed by atoms with E-state index in [0.717, 1.165) is 31.2 Å². The van der Waals surface area contributed by atoms with Gasteiger partial charge in [0.1, 0.15) is 0 Å². The fraction of sp³-hybridized carbons (Fsp3) is 0.481. The molecule has 0 aliphatic carbocycles. The second kappa shape index (κ2) is 16.3. The van der Waals surface area contributed by atoms with Gasteiger partial charge in [-0.3, -0.25) is 4.99 Å². The summed E-state index contributed by atoms with van der Waals surface area (Å²) in [6.45, 7) is -0.300. The number of rotatable bonds is 16. The highest BCUT2D eigenvalue weighted by atomic mass is 19.3. The molecule has 0 fully saturated rings. The number of nitrogens with two attached hydrogens (primary N) is 1. The van der Waals surface area contributed by atoms with Crippen LogP contribution in [0.2, 0.25) is 0 Å². The minimum Gasteiger partial charge on any atom is -0.490 e. The highest BCUT2D eigenvalue weighted by Gasteiger charge is 2.17. The van der Waals surface area contributed by atoms with Crippen LogP contribution in [0.1, 0.15) is 43.2 Å². The van der Waals surface area contributed by atoms with Crippen LogP contribution in [0.4, 0.5) is 8.78 Å². The Bertz CT molecular complexity index is 998. The van der Waals surface area contributed by atoms with E-state index in [-0.39, 0.29) is 36.5 Å². The number of guanidine groups is 1. The van der Waals surface area contributed by atoms with E-state index in [1.165, 1.54) is 30.7 Å². The zero-order valence-corrected chi connectivity index (χ0v) is 21.6. The van der Waals surface area contributed by atoms with Crippen LogP contribution >= 0.6 is 0 Å². The van der Waals surface area contributed by atoms with Crippen molar-refractivity contribution in [1.82, 2.24) is 4.90 Å². The van der Waals surface area contributed by atoms with Crippen LogP contribution in [-0.2, 0) is 15.9 Å². The van der Waals surface area contributed by atoms with Crippen molar-refractivity contribution in [1.29, 1.82) is 5.26 Å². The van der Waals surface area contributed by atoms with E-state index in [1.54, 1.807) is 12.1 Å². The molecule has 0 spiro atoms. The van der Waals surface area contributed by atoms with E-state index >= 15 is 0 Å². The number of nitriles is 1. The molecule has 0 aromatic heterocycles. The molecule has 0 aliphatic heterocycles. The summed E-state index contributed by atoms with van der Waals surface area (Å²) in [7, 11) is 2.93. The molecule has 1 atom stereocenters. The van der Waals surface area contributed by atoms with Gasteiger partial charge in [0.05, 0.1) is 13.2 Å². The van der Waals surface area contributed by atoms with E-state index in [2.05, 4.69) is 21.9 Å². The van der Waals surface area contributed by atoms with Gasteiger partial charge in [0.15, 0.2) is 24.0 Å². The lowest BCUT2D eigenvalue weighted by Gasteiger charge is -2.20. The molecule has 0 amide bonds. The predicted molar refractivity (Wildman–Crippen MR) is 138 cm³/mol. The highest BCUT2D eigenvalue weighted by molar-refractivity contribution is 5.79. The standard InChI is InChI=1S/C27H36F2N4O4/c1-20(17-32-27(31)33(19-30)18-25(34-2)35-3)22-13-14-23(37-26(28)29)24(16-22)36-15-9-5-8-12-21-10-6-4-7-11-21/h4,6-7,10-11,13-14,16,20,25-26H,5,8-9,12,15,17-18H2,1-3H3,(H2,31,32). The summed E-state index contributed by atoms with van der Waals surface area (Å²) in [5.41, 5.74) is 8.08. The minimum atomic E-state index is -2.96. The fourth-order valence-corrected chi connectivity index (χ4v) is 3.57. The summed E-state index contributed by atoms with van der Waals surface area (Å²) in [6, 6.07) is 15.1. The number of hydrogen-bond donors (Lipinski definition) is 1. The second-order valence-electron chi connectivity index (χ2n) is 8.44. The number of alkyl halides is 2. The number of aryl methyl sites for hydroxylation is 1. The van der Waals surface area contributed by atoms with Crippen LogP contribution in [0.5, 0.6) is 11.5 Å². The zero-order valence-electron chi connectivity index (χ0n) is 21.6. The first-order valence-corrected chi connectivity index (χ1v) is 12.2. The molecule has 37 heavy (non-hydrogen) atoms. The summed E-state index contributed by atoms with van der Waals surface area (Å²) >= 11 is 0. The van der Waals surface area contributed by atoms with Gasteiger partial charge in [-0.15, -0.1) is 0 Å². The average Bonchev–Trinajstić information content (AvgIpc) is 2.90. The van der Waals surface area contributed by atoms with Gasteiger partial charge in [-0.1, -0.05) is 43.3 Å². The largest absolute Gasteiger partial charge is 0.490 e. The zero-order chi connectivity index (χ0) is 27.0. The first kappa shape index (κ1) is 29.8. The van der Waals surface area contributed by atoms with Gasteiger partial charge in [0, 0.05) is 26.7 Å². The summed E-state index contributed by atoms with van der Waals surface area (Å²) in [4.78, 5) is 5.49. The smallest absolute Gasteiger partial charge is 0.387 e. The number of halogens is 2. The summed E-state index contributed by atoms with van der Waals surface area (Å²) < 4.78 is 46.5. The third-order valence-electron chi connectivity index (χ3n) is 5.74. The highest BCUT2D eigenvalue weighted by Crippen LogP contribution is 2.32. The first-order valence-electron chi connectivity index (χ1n) is 12.2. The third kappa shape index (κ3) is 10.6. The van der Waals surface area contributed by atoms with Gasteiger partial charge in [0.25, 0.3) is 0 Å². The molecule has 0 heterocycles. The molecule has 2 aromatic carbocycles. The molecular formula is C27H36F2N4O4.